The van der Waals surface area contributed by atoms with Crippen molar-refractivity contribution in [2.45, 2.75) is 6.92 Å². The van der Waals surface area contributed by atoms with Gasteiger partial charge in [-0.3, -0.25) is 4.57 Å². The monoisotopic (exact) mass is 586 g/mol. The number of hydrogen-bond donors (Lipinski definition) is 0. The van der Waals surface area contributed by atoms with E-state index in [2.05, 4.69) is 175 Å². The summed E-state index contributed by atoms with van der Waals surface area (Å²) in [5, 5.41) is 7.54. The first-order valence-electron chi connectivity index (χ1n) is 15.8. The summed E-state index contributed by atoms with van der Waals surface area (Å²) in [4.78, 5) is 5.15. The van der Waals surface area contributed by atoms with Gasteiger partial charge in [0.25, 0.3) is 0 Å². The van der Waals surface area contributed by atoms with Crippen molar-refractivity contribution in [3.8, 4) is 39.3 Å². The fraction of sp³-hybridized carbons (Fsp3) is 0.0227. The minimum atomic E-state index is 0.948. The van der Waals surface area contributed by atoms with Crippen LogP contribution in [0.2, 0.25) is 0 Å². The molecule has 46 heavy (non-hydrogen) atoms. The molecule has 1 heterocycles. The largest absolute Gasteiger partial charge is 0.292 e. The Morgan fingerprint density at radius 1 is 0.435 bits per heavy atom. The number of fused-ring (bicyclic) bond motifs is 4. The van der Waals surface area contributed by atoms with E-state index in [4.69, 9.17) is 4.98 Å². The van der Waals surface area contributed by atoms with E-state index in [-0.39, 0.29) is 0 Å². The van der Waals surface area contributed by atoms with Crippen molar-refractivity contribution in [1.82, 2.24) is 9.55 Å². The van der Waals surface area contributed by atoms with Crippen molar-refractivity contribution >= 4 is 43.4 Å². The van der Waals surface area contributed by atoms with Crippen molar-refractivity contribution in [1.29, 1.82) is 0 Å². The lowest BCUT2D eigenvalue weighted by molar-refractivity contribution is 1.10. The highest BCUT2D eigenvalue weighted by Crippen LogP contribution is 2.44. The highest BCUT2D eigenvalue weighted by molar-refractivity contribution is 6.21. The molecule has 0 spiro atoms. The van der Waals surface area contributed by atoms with Crippen molar-refractivity contribution in [3.63, 3.8) is 0 Å². The lowest BCUT2D eigenvalue weighted by atomic mass is 9.85. The maximum absolute atomic E-state index is 5.15. The molecule has 0 unspecified atom stereocenters. The maximum atomic E-state index is 5.15. The molecule has 2 nitrogen and oxygen atoms in total. The van der Waals surface area contributed by atoms with Crippen LogP contribution in [-0.2, 0) is 0 Å². The van der Waals surface area contributed by atoms with Crippen LogP contribution in [0.4, 0.5) is 0 Å². The van der Waals surface area contributed by atoms with E-state index < -0.39 is 0 Å². The molecule has 1 aromatic heterocycles. The third-order valence-electron chi connectivity index (χ3n) is 9.29. The SMILES string of the molecule is Cc1cccc2nc(-c3ccc(-c4c5ccccc5c(-c5ccc6ccccc6c5)c5ccccc45)cc3)n(-c3ccccc3)c12. The fourth-order valence-corrected chi connectivity index (χ4v) is 7.20. The molecule has 0 aliphatic heterocycles. The van der Waals surface area contributed by atoms with E-state index in [1.165, 1.54) is 60.1 Å². The van der Waals surface area contributed by atoms with Crippen molar-refractivity contribution in [2.24, 2.45) is 0 Å². The number of rotatable bonds is 4. The van der Waals surface area contributed by atoms with Crippen LogP contribution in [0.25, 0.3) is 82.7 Å². The molecular formula is C44H30N2. The summed E-state index contributed by atoms with van der Waals surface area (Å²) < 4.78 is 2.29. The van der Waals surface area contributed by atoms with Gasteiger partial charge < -0.3 is 0 Å². The standard InChI is InChI=1S/C44H30N2/c1-29-12-11-21-40-43(29)46(35-15-3-2-4-16-35)44(45-40)32-25-23-31(24-26-32)41-36-17-7-9-19-38(36)42(39-20-10-8-18-37(39)41)34-27-22-30-13-5-6-14-33(30)28-34/h2-28H,1H3. The van der Waals surface area contributed by atoms with Gasteiger partial charge in [-0.25, -0.2) is 4.98 Å². The zero-order chi connectivity index (χ0) is 30.6. The molecule has 0 fully saturated rings. The third-order valence-corrected chi connectivity index (χ3v) is 9.29. The zero-order valence-electron chi connectivity index (χ0n) is 25.5. The smallest absolute Gasteiger partial charge is 0.145 e. The van der Waals surface area contributed by atoms with Gasteiger partial charge in [-0.15, -0.1) is 0 Å². The molecule has 9 rings (SSSR count). The number of aryl methyl sites for hydroxylation is 1. The van der Waals surface area contributed by atoms with Crippen LogP contribution >= 0.6 is 0 Å². The van der Waals surface area contributed by atoms with E-state index in [0.717, 1.165) is 28.1 Å². The first-order valence-corrected chi connectivity index (χ1v) is 15.8. The van der Waals surface area contributed by atoms with E-state index in [1.807, 2.05) is 0 Å². The van der Waals surface area contributed by atoms with Gasteiger partial charge in [0.1, 0.15) is 5.82 Å². The van der Waals surface area contributed by atoms with Gasteiger partial charge in [-0.2, -0.15) is 0 Å². The quantitative estimate of drug-likeness (QED) is 0.188. The molecule has 2 heteroatoms. The van der Waals surface area contributed by atoms with Gasteiger partial charge in [0.15, 0.2) is 0 Å². The lowest BCUT2D eigenvalue weighted by Gasteiger charge is -2.18. The summed E-state index contributed by atoms with van der Waals surface area (Å²) >= 11 is 0. The molecule has 0 aliphatic rings. The van der Waals surface area contributed by atoms with E-state index in [9.17, 15) is 0 Å². The predicted octanol–water partition coefficient (Wildman–Crippen LogP) is 11.8. The maximum Gasteiger partial charge on any atom is 0.145 e. The highest BCUT2D eigenvalue weighted by atomic mass is 15.1. The van der Waals surface area contributed by atoms with E-state index in [1.54, 1.807) is 0 Å². The van der Waals surface area contributed by atoms with Crippen LogP contribution in [0.15, 0.2) is 164 Å². The van der Waals surface area contributed by atoms with Crippen molar-refractivity contribution < 1.29 is 0 Å². The molecule has 0 atom stereocenters. The molecule has 8 aromatic carbocycles. The van der Waals surface area contributed by atoms with Crippen LogP contribution in [0.3, 0.4) is 0 Å². The van der Waals surface area contributed by atoms with Crippen LogP contribution in [0, 0.1) is 6.92 Å². The van der Waals surface area contributed by atoms with Crippen LogP contribution in [0.1, 0.15) is 5.56 Å². The molecule has 0 saturated carbocycles. The molecule has 0 aliphatic carbocycles. The molecule has 0 bridgehead atoms. The van der Waals surface area contributed by atoms with Gasteiger partial charge in [0.2, 0.25) is 0 Å². The summed E-state index contributed by atoms with van der Waals surface area (Å²) in [6.07, 6.45) is 0. The first-order chi connectivity index (χ1) is 22.7. The second kappa shape index (κ2) is 10.6. The Labute approximate surface area is 267 Å². The Morgan fingerprint density at radius 3 is 1.65 bits per heavy atom. The number of aromatic nitrogens is 2. The second-order valence-corrected chi connectivity index (χ2v) is 12.0. The molecule has 9 aromatic rings. The van der Waals surface area contributed by atoms with E-state index >= 15 is 0 Å². The van der Waals surface area contributed by atoms with Gasteiger partial charge in [-0.05, 0) is 91.3 Å². The molecule has 0 radical (unpaired) electrons. The number of benzene rings is 8. The summed E-state index contributed by atoms with van der Waals surface area (Å²) in [5.74, 6) is 0.948. The van der Waals surface area contributed by atoms with Crippen molar-refractivity contribution in [3.05, 3.63) is 169 Å². The van der Waals surface area contributed by atoms with Crippen LogP contribution < -0.4 is 0 Å². The second-order valence-electron chi connectivity index (χ2n) is 12.0. The van der Waals surface area contributed by atoms with Gasteiger partial charge in [-0.1, -0.05) is 140 Å². The molecule has 0 N–H and O–H groups in total. The molecular weight excluding hydrogens is 556 g/mol. The zero-order valence-corrected chi connectivity index (χ0v) is 25.5. The lowest BCUT2D eigenvalue weighted by Crippen LogP contribution is -1.98. The van der Waals surface area contributed by atoms with Crippen LogP contribution in [0.5, 0.6) is 0 Å². The number of nitrogens with zero attached hydrogens (tertiary/aromatic N) is 2. The number of imidazole rings is 1. The Hall–Kier alpha value is -5.99. The predicted molar refractivity (Wildman–Crippen MR) is 195 cm³/mol. The molecule has 0 saturated heterocycles. The van der Waals surface area contributed by atoms with Gasteiger partial charge in [0, 0.05) is 11.3 Å². The fourth-order valence-electron chi connectivity index (χ4n) is 7.20. The first kappa shape index (κ1) is 26.4. The number of hydrogen-bond acceptors (Lipinski definition) is 1. The van der Waals surface area contributed by atoms with Crippen LogP contribution in [-0.4, -0.2) is 9.55 Å². The average Bonchev–Trinajstić information content (AvgIpc) is 3.52. The van der Waals surface area contributed by atoms with Gasteiger partial charge in [0.05, 0.1) is 11.0 Å². The minimum Gasteiger partial charge on any atom is -0.292 e. The Balaban J connectivity index is 1.25. The van der Waals surface area contributed by atoms with Crippen molar-refractivity contribution in [2.75, 3.05) is 0 Å². The summed E-state index contributed by atoms with van der Waals surface area (Å²) in [6, 6.07) is 59.0. The summed E-state index contributed by atoms with van der Waals surface area (Å²) in [7, 11) is 0. The molecule has 0 amide bonds. The summed E-state index contributed by atoms with van der Waals surface area (Å²) in [6.45, 7) is 2.16. The summed E-state index contributed by atoms with van der Waals surface area (Å²) in [5.41, 5.74) is 10.5. The normalized spacial score (nSPS) is 11.6. The topological polar surface area (TPSA) is 17.8 Å². The Kier molecular flexibility index (Phi) is 6.07. The molecule has 216 valence electrons. The highest BCUT2D eigenvalue weighted by Gasteiger charge is 2.19. The minimum absolute atomic E-state index is 0.948. The third kappa shape index (κ3) is 4.15. The van der Waals surface area contributed by atoms with E-state index in [0.29, 0.717) is 0 Å². The Morgan fingerprint density at radius 2 is 0.978 bits per heavy atom. The van der Waals surface area contributed by atoms with Gasteiger partial charge >= 0.3 is 0 Å². The Bertz CT molecular complexity index is 2520. The number of para-hydroxylation sites is 2. The average molecular weight is 587 g/mol.